The van der Waals surface area contributed by atoms with Gasteiger partial charge in [-0.3, -0.25) is 9.36 Å². The van der Waals surface area contributed by atoms with Gasteiger partial charge in [-0.2, -0.15) is 0 Å². The standard InChI is InChI=1S/C11H12FN3O/c1-13-5-6-15-7-14-9-4-2-3-8(12)10(9)11(15)16/h2-4,7,13H,5-6H2,1H3. The van der Waals surface area contributed by atoms with Crippen LogP contribution in [0.15, 0.2) is 29.3 Å². The Balaban J connectivity index is 2.60. The largest absolute Gasteiger partial charge is 0.318 e. The topological polar surface area (TPSA) is 46.9 Å². The van der Waals surface area contributed by atoms with Crippen molar-refractivity contribution in [1.82, 2.24) is 14.9 Å². The molecule has 2 rings (SSSR count). The van der Waals surface area contributed by atoms with Crippen LogP contribution >= 0.6 is 0 Å². The molecule has 0 spiro atoms. The fraction of sp³-hybridized carbons (Fsp3) is 0.273. The highest BCUT2D eigenvalue weighted by Crippen LogP contribution is 2.10. The molecule has 0 fully saturated rings. The molecule has 0 aliphatic carbocycles. The molecule has 1 aromatic heterocycles. The maximum Gasteiger partial charge on any atom is 0.264 e. The molecule has 84 valence electrons. The Morgan fingerprint density at radius 3 is 3.06 bits per heavy atom. The lowest BCUT2D eigenvalue weighted by Crippen LogP contribution is -2.26. The molecule has 0 saturated heterocycles. The van der Waals surface area contributed by atoms with Gasteiger partial charge in [-0.15, -0.1) is 0 Å². The average molecular weight is 221 g/mol. The predicted molar refractivity (Wildman–Crippen MR) is 59.9 cm³/mol. The van der Waals surface area contributed by atoms with Gasteiger partial charge in [0.1, 0.15) is 11.2 Å². The first-order valence-corrected chi connectivity index (χ1v) is 5.02. The molecule has 1 heterocycles. The highest BCUT2D eigenvalue weighted by Gasteiger charge is 2.07. The molecule has 1 N–H and O–H groups in total. The number of benzene rings is 1. The average Bonchev–Trinajstić information content (AvgIpc) is 2.28. The van der Waals surface area contributed by atoms with Crippen LogP contribution in [0.2, 0.25) is 0 Å². The molecule has 2 aromatic rings. The van der Waals surface area contributed by atoms with E-state index < -0.39 is 5.82 Å². The van der Waals surface area contributed by atoms with Crippen LogP contribution in [-0.2, 0) is 6.54 Å². The van der Waals surface area contributed by atoms with E-state index in [2.05, 4.69) is 10.3 Å². The third-order valence-electron chi connectivity index (χ3n) is 2.41. The first-order chi connectivity index (χ1) is 7.74. The lowest BCUT2D eigenvalue weighted by Gasteiger charge is -2.06. The summed E-state index contributed by atoms with van der Waals surface area (Å²) in [7, 11) is 1.79. The Morgan fingerprint density at radius 1 is 1.50 bits per heavy atom. The minimum Gasteiger partial charge on any atom is -0.318 e. The van der Waals surface area contributed by atoms with Gasteiger partial charge >= 0.3 is 0 Å². The molecular formula is C11H12FN3O. The van der Waals surface area contributed by atoms with Gasteiger partial charge in [0.2, 0.25) is 0 Å². The van der Waals surface area contributed by atoms with E-state index in [0.717, 1.165) is 0 Å². The highest BCUT2D eigenvalue weighted by atomic mass is 19.1. The van der Waals surface area contributed by atoms with Gasteiger partial charge in [0.05, 0.1) is 11.8 Å². The number of aromatic nitrogens is 2. The first kappa shape index (κ1) is 10.8. The minimum atomic E-state index is -0.520. The van der Waals surface area contributed by atoms with Gasteiger partial charge < -0.3 is 5.32 Å². The number of nitrogens with one attached hydrogen (secondary N) is 1. The SMILES string of the molecule is CNCCn1cnc2cccc(F)c2c1=O. The van der Waals surface area contributed by atoms with Crippen LogP contribution < -0.4 is 10.9 Å². The first-order valence-electron chi connectivity index (χ1n) is 5.02. The Hall–Kier alpha value is -1.75. The van der Waals surface area contributed by atoms with Crippen molar-refractivity contribution in [3.05, 3.63) is 40.7 Å². The summed E-state index contributed by atoms with van der Waals surface area (Å²) in [5.41, 5.74) is 0.0593. The van der Waals surface area contributed by atoms with Crippen LogP contribution in [0.5, 0.6) is 0 Å². The van der Waals surface area contributed by atoms with E-state index in [1.807, 2.05) is 0 Å². The van der Waals surface area contributed by atoms with Crippen molar-refractivity contribution >= 4 is 10.9 Å². The molecule has 0 saturated carbocycles. The van der Waals surface area contributed by atoms with E-state index in [1.54, 1.807) is 19.2 Å². The second kappa shape index (κ2) is 4.40. The number of hydrogen-bond acceptors (Lipinski definition) is 3. The van der Waals surface area contributed by atoms with E-state index in [9.17, 15) is 9.18 Å². The molecule has 4 nitrogen and oxygen atoms in total. The Labute approximate surface area is 91.7 Å². The van der Waals surface area contributed by atoms with Crippen molar-refractivity contribution in [3.63, 3.8) is 0 Å². The fourth-order valence-electron chi connectivity index (χ4n) is 1.55. The number of halogens is 1. The Kier molecular flexibility index (Phi) is 2.96. The second-order valence-electron chi connectivity index (χ2n) is 3.48. The summed E-state index contributed by atoms with van der Waals surface area (Å²) < 4.78 is 14.9. The quantitative estimate of drug-likeness (QED) is 0.832. The van der Waals surface area contributed by atoms with Crippen molar-refractivity contribution in [2.45, 2.75) is 6.54 Å². The third kappa shape index (κ3) is 1.81. The lowest BCUT2D eigenvalue weighted by atomic mass is 10.2. The molecule has 0 atom stereocenters. The summed E-state index contributed by atoms with van der Waals surface area (Å²) in [5, 5.41) is 2.98. The summed E-state index contributed by atoms with van der Waals surface area (Å²) >= 11 is 0. The van der Waals surface area contributed by atoms with Crippen molar-refractivity contribution in [1.29, 1.82) is 0 Å². The van der Waals surface area contributed by atoms with Crippen LogP contribution in [0.25, 0.3) is 10.9 Å². The van der Waals surface area contributed by atoms with Gasteiger partial charge in [0.15, 0.2) is 0 Å². The summed E-state index contributed by atoms with van der Waals surface area (Å²) in [6.45, 7) is 1.12. The zero-order valence-electron chi connectivity index (χ0n) is 8.90. The second-order valence-corrected chi connectivity index (χ2v) is 3.48. The molecule has 0 amide bonds. The van der Waals surface area contributed by atoms with E-state index in [-0.39, 0.29) is 10.9 Å². The number of fused-ring (bicyclic) bond motifs is 1. The number of likely N-dealkylation sites (N-methyl/N-ethyl adjacent to an activating group) is 1. The molecule has 0 aliphatic heterocycles. The van der Waals surface area contributed by atoms with Gasteiger partial charge in [-0.25, -0.2) is 9.37 Å². The summed E-state index contributed by atoms with van der Waals surface area (Å²) in [5.74, 6) is -0.520. The van der Waals surface area contributed by atoms with Crippen molar-refractivity contribution in [2.75, 3.05) is 13.6 Å². The zero-order valence-corrected chi connectivity index (χ0v) is 8.90. The van der Waals surface area contributed by atoms with Crippen LogP contribution in [0, 0.1) is 5.82 Å². The molecular weight excluding hydrogens is 209 g/mol. The summed E-state index contributed by atoms with van der Waals surface area (Å²) in [6.07, 6.45) is 1.45. The predicted octanol–water partition coefficient (Wildman–Crippen LogP) is 0.755. The van der Waals surface area contributed by atoms with Crippen molar-refractivity contribution in [3.8, 4) is 0 Å². The number of nitrogens with zero attached hydrogens (tertiary/aromatic N) is 2. The molecule has 0 radical (unpaired) electrons. The van der Waals surface area contributed by atoms with Crippen LogP contribution in [-0.4, -0.2) is 23.1 Å². The minimum absolute atomic E-state index is 0.0566. The van der Waals surface area contributed by atoms with Crippen LogP contribution in [0.1, 0.15) is 0 Å². The van der Waals surface area contributed by atoms with Gasteiger partial charge in [-0.05, 0) is 19.2 Å². The van der Waals surface area contributed by atoms with E-state index >= 15 is 0 Å². The molecule has 0 aliphatic rings. The molecule has 5 heteroatoms. The smallest absolute Gasteiger partial charge is 0.264 e. The summed E-state index contributed by atoms with van der Waals surface area (Å²) in [4.78, 5) is 16.0. The monoisotopic (exact) mass is 221 g/mol. The van der Waals surface area contributed by atoms with Crippen LogP contribution in [0.4, 0.5) is 4.39 Å². The maximum absolute atomic E-state index is 13.5. The molecule has 0 bridgehead atoms. The molecule has 0 unspecified atom stereocenters. The van der Waals surface area contributed by atoms with E-state index in [4.69, 9.17) is 0 Å². The Bertz CT molecular complexity index is 565. The van der Waals surface area contributed by atoms with Crippen molar-refractivity contribution in [2.24, 2.45) is 0 Å². The van der Waals surface area contributed by atoms with E-state index in [1.165, 1.54) is 17.0 Å². The summed E-state index contributed by atoms with van der Waals surface area (Å²) in [6, 6.07) is 4.44. The number of hydrogen-bond donors (Lipinski definition) is 1. The number of rotatable bonds is 3. The Morgan fingerprint density at radius 2 is 2.31 bits per heavy atom. The molecule has 1 aromatic carbocycles. The van der Waals surface area contributed by atoms with Gasteiger partial charge in [0.25, 0.3) is 5.56 Å². The third-order valence-corrected chi connectivity index (χ3v) is 2.41. The van der Waals surface area contributed by atoms with E-state index in [0.29, 0.717) is 18.6 Å². The van der Waals surface area contributed by atoms with Gasteiger partial charge in [0, 0.05) is 13.1 Å². The maximum atomic E-state index is 13.5. The highest BCUT2D eigenvalue weighted by molar-refractivity contribution is 5.77. The lowest BCUT2D eigenvalue weighted by molar-refractivity contribution is 0.610. The molecule has 16 heavy (non-hydrogen) atoms. The zero-order chi connectivity index (χ0) is 11.5. The van der Waals surface area contributed by atoms with Crippen molar-refractivity contribution < 1.29 is 4.39 Å². The van der Waals surface area contributed by atoms with Crippen LogP contribution in [0.3, 0.4) is 0 Å². The fourth-order valence-corrected chi connectivity index (χ4v) is 1.55. The van der Waals surface area contributed by atoms with Gasteiger partial charge in [-0.1, -0.05) is 6.07 Å². The normalized spacial score (nSPS) is 10.9.